The second kappa shape index (κ2) is 2.34. The molecule has 0 radical (unpaired) electrons. The Morgan fingerprint density at radius 3 is 2.33 bits per heavy atom. The molecule has 0 aromatic heterocycles. The molecule has 0 N–H and O–H groups in total. The van der Waals surface area contributed by atoms with Crippen LogP contribution in [-0.4, -0.2) is 5.71 Å². The summed E-state index contributed by atoms with van der Waals surface area (Å²) in [4.78, 5) is 0. The SMILES string of the molecule is CC12CCC(CC1=NBr)C2(C)C. The maximum atomic E-state index is 4.27. The molecule has 2 rings (SSSR count). The molecule has 12 heavy (non-hydrogen) atoms. The molecular formula is C10H16BrN. The normalized spacial score (nSPS) is 47.3. The van der Waals surface area contributed by atoms with Crippen LogP contribution in [0.5, 0.6) is 0 Å². The molecule has 0 heterocycles. The van der Waals surface area contributed by atoms with E-state index in [1.807, 2.05) is 0 Å². The van der Waals surface area contributed by atoms with Crippen LogP contribution in [0.3, 0.4) is 0 Å². The Morgan fingerprint density at radius 1 is 1.42 bits per heavy atom. The van der Waals surface area contributed by atoms with Gasteiger partial charge in [-0.05, 0) is 30.6 Å². The molecule has 2 aliphatic rings. The lowest BCUT2D eigenvalue weighted by Crippen LogP contribution is -2.32. The van der Waals surface area contributed by atoms with Crippen molar-refractivity contribution in [2.75, 3.05) is 0 Å². The van der Waals surface area contributed by atoms with Crippen LogP contribution in [0, 0.1) is 16.7 Å². The van der Waals surface area contributed by atoms with E-state index in [-0.39, 0.29) is 0 Å². The van der Waals surface area contributed by atoms with Crippen LogP contribution < -0.4 is 0 Å². The average molecular weight is 230 g/mol. The molecule has 0 aliphatic heterocycles. The minimum Gasteiger partial charge on any atom is -0.216 e. The Morgan fingerprint density at radius 2 is 2.08 bits per heavy atom. The highest BCUT2D eigenvalue weighted by Gasteiger charge is 2.59. The molecule has 2 aliphatic carbocycles. The van der Waals surface area contributed by atoms with Crippen LogP contribution in [-0.2, 0) is 0 Å². The van der Waals surface area contributed by atoms with Gasteiger partial charge in [0.25, 0.3) is 0 Å². The largest absolute Gasteiger partial charge is 0.216 e. The first-order valence-corrected chi connectivity index (χ1v) is 5.41. The maximum absolute atomic E-state index is 4.27. The lowest BCUT2D eigenvalue weighted by molar-refractivity contribution is 0.194. The Balaban J connectivity index is 2.46. The summed E-state index contributed by atoms with van der Waals surface area (Å²) >= 11 is 3.25. The highest BCUT2D eigenvalue weighted by atomic mass is 79.9. The van der Waals surface area contributed by atoms with Gasteiger partial charge in [-0.1, -0.05) is 20.8 Å². The van der Waals surface area contributed by atoms with Gasteiger partial charge in [0.05, 0.1) is 16.1 Å². The van der Waals surface area contributed by atoms with Gasteiger partial charge in [0, 0.05) is 11.1 Å². The number of halogens is 1. The van der Waals surface area contributed by atoms with E-state index in [0.29, 0.717) is 10.8 Å². The first-order valence-electron chi connectivity index (χ1n) is 4.70. The van der Waals surface area contributed by atoms with E-state index in [1.165, 1.54) is 25.0 Å². The Bertz CT molecular complexity index is 244. The van der Waals surface area contributed by atoms with Gasteiger partial charge in [0.1, 0.15) is 0 Å². The molecular weight excluding hydrogens is 214 g/mol. The second-order valence-electron chi connectivity index (χ2n) is 5.02. The summed E-state index contributed by atoms with van der Waals surface area (Å²) < 4.78 is 4.27. The predicted octanol–water partition coefficient (Wildman–Crippen LogP) is 3.58. The van der Waals surface area contributed by atoms with E-state index in [4.69, 9.17) is 0 Å². The minimum absolute atomic E-state index is 0.376. The molecule has 2 bridgehead atoms. The summed E-state index contributed by atoms with van der Waals surface area (Å²) in [5, 5.41) is 0. The molecule has 0 saturated heterocycles. The minimum atomic E-state index is 0.376. The molecule has 2 fully saturated rings. The predicted molar refractivity (Wildman–Crippen MR) is 55.6 cm³/mol. The van der Waals surface area contributed by atoms with Crippen molar-refractivity contribution in [3.8, 4) is 0 Å². The van der Waals surface area contributed by atoms with Crippen LogP contribution in [0.15, 0.2) is 4.02 Å². The fraction of sp³-hybridized carbons (Fsp3) is 0.900. The third kappa shape index (κ3) is 0.773. The van der Waals surface area contributed by atoms with Gasteiger partial charge in [-0.3, -0.25) is 0 Å². The zero-order valence-electron chi connectivity index (χ0n) is 8.02. The van der Waals surface area contributed by atoms with E-state index in [9.17, 15) is 0 Å². The van der Waals surface area contributed by atoms with Gasteiger partial charge in [-0.15, -0.1) is 0 Å². The highest BCUT2D eigenvalue weighted by Crippen LogP contribution is 2.64. The summed E-state index contributed by atoms with van der Waals surface area (Å²) in [5.74, 6) is 0.874. The first-order chi connectivity index (χ1) is 5.52. The van der Waals surface area contributed by atoms with Crippen molar-refractivity contribution in [2.45, 2.75) is 40.0 Å². The van der Waals surface area contributed by atoms with Crippen molar-refractivity contribution in [3.05, 3.63) is 0 Å². The van der Waals surface area contributed by atoms with Gasteiger partial charge in [0.15, 0.2) is 0 Å². The fourth-order valence-electron chi connectivity index (χ4n) is 3.06. The van der Waals surface area contributed by atoms with Crippen LogP contribution in [0.1, 0.15) is 40.0 Å². The monoisotopic (exact) mass is 229 g/mol. The molecule has 1 nitrogen and oxygen atoms in total. The van der Waals surface area contributed by atoms with Crippen molar-refractivity contribution in [3.63, 3.8) is 0 Å². The molecule has 68 valence electrons. The smallest absolute Gasteiger partial charge is 0.0733 e. The molecule has 2 unspecified atom stereocenters. The second-order valence-corrected chi connectivity index (χ2v) is 5.38. The van der Waals surface area contributed by atoms with Crippen molar-refractivity contribution in [1.82, 2.24) is 0 Å². The number of hydrogen-bond acceptors (Lipinski definition) is 1. The van der Waals surface area contributed by atoms with Gasteiger partial charge in [-0.2, -0.15) is 0 Å². The molecule has 2 saturated carbocycles. The van der Waals surface area contributed by atoms with Crippen molar-refractivity contribution in [2.24, 2.45) is 20.8 Å². The Labute approximate surface area is 83.0 Å². The zero-order valence-corrected chi connectivity index (χ0v) is 9.61. The van der Waals surface area contributed by atoms with Crippen LogP contribution in [0.25, 0.3) is 0 Å². The summed E-state index contributed by atoms with van der Waals surface area (Å²) in [5.41, 5.74) is 2.24. The molecule has 0 spiro atoms. The highest BCUT2D eigenvalue weighted by molar-refractivity contribution is 9.08. The van der Waals surface area contributed by atoms with Crippen LogP contribution in [0.4, 0.5) is 0 Å². The van der Waals surface area contributed by atoms with Crippen molar-refractivity contribution < 1.29 is 0 Å². The van der Waals surface area contributed by atoms with E-state index in [0.717, 1.165) is 5.92 Å². The van der Waals surface area contributed by atoms with Crippen molar-refractivity contribution in [1.29, 1.82) is 0 Å². The van der Waals surface area contributed by atoms with Crippen LogP contribution in [0.2, 0.25) is 0 Å². The van der Waals surface area contributed by atoms with Crippen LogP contribution >= 0.6 is 16.1 Å². The quantitative estimate of drug-likeness (QED) is 0.603. The Hall–Kier alpha value is 0.150. The van der Waals surface area contributed by atoms with Gasteiger partial charge < -0.3 is 0 Å². The van der Waals surface area contributed by atoms with Crippen molar-refractivity contribution >= 4 is 21.9 Å². The van der Waals surface area contributed by atoms with Gasteiger partial charge in [0.2, 0.25) is 0 Å². The summed E-state index contributed by atoms with van der Waals surface area (Å²) in [7, 11) is 0. The molecule has 2 heteroatoms. The third-order valence-corrected chi connectivity index (χ3v) is 5.04. The molecule has 2 atom stereocenters. The first kappa shape index (κ1) is 8.74. The molecule has 0 aromatic rings. The maximum Gasteiger partial charge on any atom is 0.0733 e. The standard InChI is InChI=1S/C10H16BrN/c1-9(2)7-4-5-10(9,3)8(6-7)12-11/h7H,4-6H2,1-3H3. The molecule has 0 aromatic carbocycles. The average Bonchev–Trinajstić information content (AvgIpc) is 2.34. The number of fused-ring (bicyclic) bond motifs is 2. The summed E-state index contributed by atoms with van der Waals surface area (Å²) in [6, 6.07) is 0. The third-order valence-electron chi connectivity index (χ3n) is 4.61. The number of nitrogens with zero attached hydrogens (tertiary/aromatic N) is 1. The summed E-state index contributed by atoms with van der Waals surface area (Å²) in [6.45, 7) is 7.17. The van der Waals surface area contributed by atoms with E-state index in [2.05, 4.69) is 40.9 Å². The zero-order chi connectivity index (χ0) is 8.98. The Kier molecular flexibility index (Phi) is 1.70. The molecule has 0 amide bonds. The van der Waals surface area contributed by atoms with E-state index in [1.54, 1.807) is 0 Å². The lowest BCUT2D eigenvalue weighted by atomic mass is 9.70. The topological polar surface area (TPSA) is 12.4 Å². The number of rotatable bonds is 0. The lowest BCUT2D eigenvalue weighted by Gasteiger charge is -2.34. The number of hydrogen-bond donors (Lipinski definition) is 0. The van der Waals surface area contributed by atoms with Gasteiger partial charge in [-0.25, -0.2) is 4.02 Å². The fourth-order valence-corrected chi connectivity index (χ4v) is 3.59. The summed E-state index contributed by atoms with van der Waals surface area (Å²) in [6.07, 6.45) is 3.94. The van der Waals surface area contributed by atoms with E-state index < -0.39 is 0 Å². The van der Waals surface area contributed by atoms with Gasteiger partial charge >= 0.3 is 0 Å². The van der Waals surface area contributed by atoms with E-state index >= 15 is 0 Å².